The van der Waals surface area contributed by atoms with Crippen LogP contribution in [-0.4, -0.2) is 30.3 Å². The predicted octanol–water partition coefficient (Wildman–Crippen LogP) is 2.95. The number of alkyl halides is 3. The maximum atomic E-state index is 13.2. The van der Waals surface area contributed by atoms with Gasteiger partial charge in [0.1, 0.15) is 4.99 Å². The Hall–Kier alpha value is -1.34. The van der Waals surface area contributed by atoms with Crippen molar-refractivity contribution < 1.29 is 17.9 Å². The van der Waals surface area contributed by atoms with E-state index in [4.69, 9.17) is 22.7 Å². The van der Waals surface area contributed by atoms with Crippen molar-refractivity contribution in [2.24, 2.45) is 5.73 Å². The van der Waals surface area contributed by atoms with Crippen LogP contribution in [0, 0.1) is 0 Å². The van der Waals surface area contributed by atoms with Gasteiger partial charge in [-0.2, -0.15) is 13.2 Å². The number of nitrogens with zero attached hydrogens (tertiary/aromatic N) is 1. The quantitative estimate of drug-likeness (QED) is 0.851. The number of thiocarbonyl (C=S) groups is 1. The van der Waals surface area contributed by atoms with Gasteiger partial charge in [-0.1, -0.05) is 12.2 Å². The van der Waals surface area contributed by atoms with E-state index in [9.17, 15) is 13.2 Å². The summed E-state index contributed by atoms with van der Waals surface area (Å²) >= 11 is 4.70. The van der Waals surface area contributed by atoms with Crippen LogP contribution in [0.25, 0.3) is 0 Å². The van der Waals surface area contributed by atoms with Crippen LogP contribution in [-0.2, 0) is 10.9 Å². The van der Waals surface area contributed by atoms with Gasteiger partial charge in [-0.15, -0.1) is 0 Å². The summed E-state index contributed by atoms with van der Waals surface area (Å²) in [5, 5.41) is 0. The Labute approximate surface area is 126 Å². The van der Waals surface area contributed by atoms with Crippen LogP contribution in [0.1, 0.15) is 25.0 Å². The van der Waals surface area contributed by atoms with Crippen LogP contribution < -0.4 is 10.6 Å². The van der Waals surface area contributed by atoms with Gasteiger partial charge in [0.15, 0.2) is 0 Å². The van der Waals surface area contributed by atoms with Crippen molar-refractivity contribution in [3.05, 3.63) is 29.3 Å². The van der Waals surface area contributed by atoms with E-state index in [1.54, 1.807) is 6.07 Å². The Bertz CT molecular complexity index is 538. The Morgan fingerprint density at radius 3 is 2.33 bits per heavy atom. The molecule has 21 heavy (non-hydrogen) atoms. The van der Waals surface area contributed by atoms with Crippen molar-refractivity contribution >= 4 is 22.9 Å². The third-order valence-electron chi connectivity index (χ3n) is 3.36. The smallest absolute Gasteiger partial charge is 0.389 e. The number of rotatable bonds is 2. The van der Waals surface area contributed by atoms with Gasteiger partial charge in [0.05, 0.1) is 17.8 Å². The van der Waals surface area contributed by atoms with Crippen LogP contribution in [0.4, 0.5) is 18.9 Å². The summed E-state index contributed by atoms with van der Waals surface area (Å²) in [6.07, 6.45) is -4.55. The first-order valence-electron chi connectivity index (χ1n) is 6.60. The molecular weight excluding hydrogens is 301 g/mol. The highest BCUT2D eigenvalue weighted by molar-refractivity contribution is 7.80. The minimum Gasteiger partial charge on any atom is -0.389 e. The number of nitrogens with two attached hydrogens (primary N) is 1. The number of hydrogen-bond donors (Lipinski definition) is 1. The lowest BCUT2D eigenvalue weighted by Crippen LogP contribution is -2.45. The molecule has 1 aromatic rings. The lowest BCUT2D eigenvalue weighted by atomic mass is 10.0. The molecule has 7 heteroatoms. The SMILES string of the molecule is CC1CN(c2ccc(C(N)=S)c(C(F)(F)F)c2)CC(C)O1. The molecule has 1 heterocycles. The van der Waals surface area contributed by atoms with Gasteiger partial charge >= 0.3 is 6.18 Å². The minimum absolute atomic E-state index is 0.0293. The van der Waals surface area contributed by atoms with Gasteiger partial charge in [-0.3, -0.25) is 0 Å². The number of halogens is 3. The van der Waals surface area contributed by atoms with Crippen molar-refractivity contribution in [2.45, 2.75) is 32.2 Å². The van der Waals surface area contributed by atoms with Gasteiger partial charge in [0, 0.05) is 24.3 Å². The zero-order chi connectivity index (χ0) is 15.8. The van der Waals surface area contributed by atoms with E-state index in [2.05, 4.69) is 0 Å². The normalized spacial score (nSPS) is 23.2. The molecule has 0 aliphatic carbocycles. The first kappa shape index (κ1) is 16.0. The van der Waals surface area contributed by atoms with Crippen LogP contribution in [0.15, 0.2) is 18.2 Å². The van der Waals surface area contributed by atoms with E-state index in [0.29, 0.717) is 18.8 Å². The van der Waals surface area contributed by atoms with Crippen molar-refractivity contribution in [1.29, 1.82) is 0 Å². The summed E-state index contributed by atoms with van der Waals surface area (Å²) in [5.41, 5.74) is 4.95. The van der Waals surface area contributed by atoms with Crippen LogP contribution in [0.3, 0.4) is 0 Å². The van der Waals surface area contributed by atoms with E-state index in [1.165, 1.54) is 6.07 Å². The minimum atomic E-state index is -4.49. The van der Waals surface area contributed by atoms with Crippen LogP contribution in [0.2, 0.25) is 0 Å². The molecule has 2 N–H and O–H groups in total. The fourth-order valence-corrected chi connectivity index (χ4v) is 2.75. The molecule has 2 unspecified atom stereocenters. The maximum absolute atomic E-state index is 13.2. The molecule has 0 amide bonds. The number of morpholine rings is 1. The topological polar surface area (TPSA) is 38.5 Å². The van der Waals surface area contributed by atoms with E-state index in [1.807, 2.05) is 18.7 Å². The lowest BCUT2D eigenvalue weighted by Gasteiger charge is -2.37. The van der Waals surface area contributed by atoms with Gasteiger partial charge in [-0.25, -0.2) is 0 Å². The second-order valence-electron chi connectivity index (χ2n) is 5.25. The van der Waals surface area contributed by atoms with Gasteiger partial charge < -0.3 is 15.4 Å². The second-order valence-corrected chi connectivity index (χ2v) is 5.69. The molecule has 1 aromatic carbocycles. The molecule has 2 atom stereocenters. The van der Waals surface area contributed by atoms with Gasteiger partial charge in [-0.05, 0) is 32.0 Å². The second kappa shape index (κ2) is 5.81. The van der Waals surface area contributed by atoms with Crippen LogP contribution >= 0.6 is 12.2 Å². The summed E-state index contributed by atoms with van der Waals surface area (Å²) in [7, 11) is 0. The van der Waals surface area contributed by atoms with E-state index in [0.717, 1.165) is 6.07 Å². The lowest BCUT2D eigenvalue weighted by molar-refractivity contribution is -0.137. The fraction of sp³-hybridized carbons (Fsp3) is 0.500. The molecule has 0 spiro atoms. The fourth-order valence-electron chi connectivity index (χ4n) is 2.57. The average Bonchev–Trinajstić information content (AvgIpc) is 2.35. The molecule has 1 fully saturated rings. The van der Waals surface area contributed by atoms with E-state index in [-0.39, 0.29) is 22.8 Å². The standard InChI is InChI=1S/C14H17F3N2OS/c1-8-6-19(7-9(2)20-8)10-3-4-11(13(18)21)12(5-10)14(15,16)17/h3-5,8-9H,6-7H2,1-2H3,(H2,18,21). The monoisotopic (exact) mass is 318 g/mol. The van der Waals surface area contributed by atoms with Crippen molar-refractivity contribution in [3.8, 4) is 0 Å². The Morgan fingerprint density at radius 2 is 1.86 bits per heavy atom. The summed E-state index contributed by atoms with van der Waals surface area (Å²) < 4.78 is 45.0. The summed E-state index contributed by atoms with van der Waals surface area (Å²) in [6.45, 7) is 4.90. The van der Waals surface area contributed by atoms with Crippen molar-refractivity contribution in [1.82, 2.24) is 0 Å². The Kier molecular flexibility index (Phi) is 4.43. The first-order chi connectivity index (χ1) is 9.68. The third kappa shape index (κ3) is 3.65. The number of benzene rings is 1. The van der Waals surface area contributed by atoms with Crippen molar-refractivity contribution in [2.75, 3.05) is 18.0 Å². The van der Waals surface area contributed by atoms with Crippen molar-refractivity contribution in [3.63, 3.8) is 0 Å². The molecule has 0 bridgehead atoms. The van der Waals surface area contributed by atoms with E-state index < -0.39 is 11.7 Å². The van der Waals surface area contributed by atoms with Gasteiger partial charge in [0.25, 0.3) is 0 Å². The number of ether oxygens (including phenoxy) is 1. The molecule has 0 radical (unpaired) electrons. The molecule has 1 aliphatic heterocycles. The largest absolute Gasteiger partial charge is 0.417 e. The third-order valence-corrected chi connectivity index (χ3v) is 3.58. The highest BCUT2D eigenvalue weighted by Gasteiger charge is 2.35. The molecule has 116 valence electrons. The number of anilines is 1. The molecule has 3 nitrogen and oxygen atoms in total. The van der Waals surface area contributed by atoms with Gasteiger partial charge in [0.2, 0.25) is 0 Å². The highest BCUT2D eigenvalue weighted by Crippen LogP contribution is 2.35. The Balaban J connectivity index is 2.40. The molecule has 0 saturated carbocycles. The maximum Gasteiger partial charge on any atom is 0.417 e. The van der Waals surface area contributed by atoms with Crippen LogP contribution in [0.5, 0.6) is 0 Å². The van der Waals surface area contributed by atoms with E-state index >= 15 is 0 Å². The summed E-state index contributed by atoms with van der Waals surface area (Å²) in [6, 6.07) is 4.07. The summed E-state index contributed by atoms with van der Waals surface area (Å²) in [4.78, 5) is 1.63. The average molecular weight is 318 g/mol. The zero-order valence-corrected chi connectivity index (χ0v) is 12.6. The molecule has 1 aliphatic rings. The molecular formula is C14H17F3N2OS. The highest BCUT2D eigenvalue weighted by atomic mass is 32.1. The Morgan fingerprint density at radius 1 is 1.29 bits per heavy atom. The molecule has 0 aromatic heterocycles. The summed E-state index contributed by atoms with van der Waals surface area (Å²) in [5.74, 6) is 0. The molecule has 1 saturated heterocycles. The zero-order valence-electron chi connectivity index (χ0n) is 11.8. The number of hydrogen-bond acceptors (Lipinski definition) is 3. The first-order valence-corrected chi connectivity index (χ1v) is 7.00. The molecule has 2 rings (SSSR count). The predicted molar refractivity (Wildman–Crippen MR) is 79.6 cm³/mol.